The number of furan rings is 1. The third kappa shape index (κ3) is 4.20. The van der Waals surface area contributed by atoms with Crippen molar-refractivity contribution in [3.63, 3.8) is 0 Å². The lowest BCUT2D eigenvalue weighted by atomic mass is 10.2. The normalized spacial score (nSPS) is 11.2. The van der Waals surface area contributed by atoms with Gasteiger partial charge in [-0.05, 0) is 48.5 Å². The number of hydrogen-bond acceptors (Lipinski definition) is 3. The second kappa shape index (κ2) is 7.72. The lowest BCUT2D eigenvalue weighted by molar-refractivity contribution is -0.132. The molecule has 0 radical (unpaired) electrons. The SMILES string of the molecule is O=C(O)/C(=C\c1ccc(-c2ccc(Cl)cc2)o1)NC(=O)c1ccccc1. The molecular formula is C20H14ClNO4. The van der Waals surface area contributed by atoms with Gasteiger partial charge in [0.25, 0.3) is 5.91 Å². The largest absolute Gasteiger partial charge is 0.477 e. The highest BCUT2D eigenvalue weighted by atomic mass is 35.5. The van der Waals surface area contributed by atoms with E-state index in [0.29, 0.717) is 22.1 Å². The van der Waals surface area contributed by atoms with Crippen LogP contribution in [0.5, 0.6) is 0 Å². The third-order valence-corrected chi connectivity index (χ3v) is 3.81. The Morgan fingerprint density at radius 1 is 0.962 bits per heavy atom. The van der Waals surface area contributed by atoms with Crippen LogP contribution in [0.4, 0.5) is 0 Å². The average molecular weight is 368 g/mol. The van der Waals surface area contributed by atoms with Crippen LogP contribution in [0.2, 0.25) is 5.02 Å². The summed E-state index contributed by atoms with van der Waals surface area (Å²) >= 11 is 5.86. The van der Waals surface area contributed by atoms with E-state index in [-0.39, 0.29) is 5.70 Å². The molecular weight excluding hydrogens is 354 g/mol. The molecule has 0 atom stereocenters. The monoisotopic (exact) mass is 367 g/mol. The molecule has 0 fully saturated rings. The number of aliphatic carboxylic acids is 1. The Labute approximate surface area is 154 Å². The van der Waals surface area contributed by atoms with Gasteiger partial charge >= 0.3 is 5.97 Å². The van der Waals surface area contributed by atoms with Crippen molar-refractivity contribution in [2.24, 2.45) is 0 Å². The molecule has 0 aliphatic heterocycles. The van der Waals surface area contributed by atoms with Crippen LogP contribution in [-0.2, 0) is 4.79 Å². The van der Waals surface area contributed by atoms with Crippen LogP contribution in [0.15, 0.2) is 76.8 Å². The molecule has 3 aromatic rings. The zero-order valence-corrected chi connectivity index (χ0v) is 14.2. The van der Waals surface area contributed by atoms with Crippen molar-refractivity contribution in [1.29, 1.82) is 0 Å². The van der Waals surface area contributed by atoms with E-state index in [9.17, 15) is 14.7 Å². The van der Waals surface area contributed by atoms with E-state index in [2.05, 4.69) is 5.32 Å². The number of halogens is 1. The molecule has 5 nitrogen and oxygen atoms in total. The minimum atomic E-state index is -1.27. The quantitative estimate of drug-likeness (QED) is 0.653. The predicted octanol–water partition coefficient (Wildman–Crippen LogP) is 4.46. The number of hydrogen-bond donors (Lipinski definition) is 2. The number of nitrogens with one attached hydrogen (secondary N) is 1. The molecule has 6 heteroatoms. The fourth-order valence-electron chi connectivity index (χ4n) is 2.28. The number of rotatable bonds is 5. The van der Waals surface area contributed by atoms with Gasteiger partial charge in [0.05, 0.1) is 0 Å². The van der Waals surface area contributed by atoms with Crippen molar-refractivity contribution in [2.45, 2.75) is 0 Å². The Kier molecular flexibility index (Phi) is 5.20. The zero-order valence-electron chi connectivity index (χ0n) is 13.5. The van der Waals surface area contributed by atoms with E-state index in [1.807, 2.05) is 0 Å². The first-order valence-corrected chi connectivity index (χ1v) is 8.08. The maximum absolute atomic E-state index is 12.1. The van der Waals surface area contributed by atoms with E-state index in [1.165, 1.54) is 6.08 Å². The minimum Gasteiger partial charge on any atom is -0.477 e. The molecule has 130 valence electrons. The van der Waals surface area contributed by atoms with E-state index in [0.717, 1.165) is 5.56 Å². The maximum atomic E-state index is 12.1. The van der Waals surface area contributed by atoms with Gasteiger partial charge in [-0.25, -0.2) is 4.79 Å². The van der Waals surface area contributed by atoms with E-state index < -0.39 is 11.9 Å². The van der Waals surface area contributed by atoms with Crippen LogP contribution in [0, 0.1) is 0 Å². The summed E-state index contributed by atoms with van der Waals surface area (Å²) in [7, 11) is 0. The Balaban J connectivity index is 1.82. The summed E-state index contributed by atoms with van der Waals surface area (Å²) < 4.78 is 5.64. The molecule has 0 saturated heterocycles. The molecule has 0 aliphatic rings. The van der Waals surface area contributed by atoms with Crippen molar-refractivity contribution < 1.29 is 19.1 Å². The molecule has 2 aromatic carbocycles. The molecule has 0 bridgehead atoms. The van der Waals surface area contributed by atoms with Crippen LogP contribution in [0.3, 0.4) is 0 Å². The van der Waals surface area contributed by atoms with Gasteiger partial charge in [0.1, 0.15) is 17.2 Å². The van der Waals surface area contributed by atoms with E-state index >= 15 is 0 Å². The Morgan fingerprint density at radius 3 is 2.31 bits per heavy atom. The highest BCUT2D eigenvalue weighted by molar-refractivity contribution is 6.30. The highest BCUT2D eigenvalue weighted by Gasteiger charge is 2.14. The van der Waals surface area contributed by atoms with Crippen LogP contribution in [0.25, 0.3) is 17.4 Å². The summed E-state index contributed by atoms with van der Waals surface area (Å²) in [6.07, 6.45) is 1.27. The lowest BCUT2D eigenvalue weighted by Gasteiger charge is -2.05. The fourth-order valence-corrected chi connectivity index (χ4v) is 2.40. The molecule has 26 heavy (non-hydrogen) atoms. The van der Waals surface area contributed by atoms with Gasteiger partial charge in [-0.15, -0.1) is 0 Å². The summed E-state index contributed by atoms with van der Waals surface area (Å²) in [5.41, 5.74) is 0.885. The van der Waals surface area contributed by atoms with Crippen LogP contribution < -0.4 is 5.32 Å². The topological polar surface area (TPSA) is 79.5 Å². The van der Waals surface area contributed by atoms with Crippen molar-refractivity contribution >= 4 is 29.6 Å². The third-order valence-electron chi connectivity index (χ3n) is 3.56. The van der Waals surface area contributed by atoms with Gasteiger partial charge in [-0.2, -0.15) is 0 Å². The Morgan fingerprint density at radius 2 is 1.65 bits per heavy atom. The second-order valence-corrected chi connectivity index (χ2v) is 5.83. The number of carbonyl (C=O) groups is 2. The summed E-state index contributed by atoms with van der Waals surface area (Å²) in [4.78, 5) is 23.6. The molecule has 0 saturated carbocycles. The Hall–Kier alpha value is -3.31. The van der Waals surface area contributed by atoms with Crippen molar-refractivity contribution in [2.75, 3.05) is 0 Å². The second-order valence-electron chi connectivity index (χ2n) is 5.39. The van der Waals surface area contributed by atoms with Crippen LogP contribution >= 0.6 is 11.6 Å². The average Bonchev–Trinajstić information content (AvgIpc) is 3.11. The number of carboxylic acid groups (broad SMARTS) is 1. The van der Waals surface area contributed by atoms with Crippen LogP contribution in [-0.4, -0.2) is 17.0 Å². The van der Waals surface area contributed by atoms with Gasteiger partial charge in [-0.3, -0.25) is 4.79 Å². The number of amides is 1. The first kappa shape index (κ1) is 17.5. The van der Waals surface area contributed by atoms with E-state index in [4.69, 9.17) is 16.0 Å². The smallest absolute Gasteiger partial charge is 0.352 e. The van der Waals surface area contributed by atoms with Gasteiger partial charge in [-0.1, -0.05) is 29.8 Å². The van der Waals surface area contributed by atoms with Crippen LogP contribution in [0.1, 0.15) is 16.1 Å². The molecule has 1 heterocycles. The number of carboxylic acids is 1. The van der Waals surface area contributed by atoms with Gasteiger partial charge in [0, 0.05) is 22.2 Å². The van der Waals surface area contributed by atoms with E-state index in [1.54, 1.807) is 66.7 Å². The number of benzene rings is 2. The predicted molar refractivity (Wildman–Crippen MR) is 98.7 cm³/mol. The van der Waals surface area contributed by atoms with Gasteiger partial charge < -0.3 is 14.8 Å². The molecule has 2 N–H and O–H groups in total. The molecule has 1 aromatic heterocycles. The van der Waals surface area contributed by atoms with Gasteiger partial charge in [0.2, 0.25) is 0 Å². The summed E-state index contributed by atoms with van der Waals surface area (Å²) in [5.74, 6) is -0.907. The number of carbonyl (C=O) groups excluding carboxylic acids is 1. The zero-order chi connectivity index (χ0) is 18.5. The summed E-state index contributed by atoms with van der Waals surface area (Å²) in [5, 5.41) is 12.3. The first-order chi connectivity index (χ1) is 12.5. The maximum Gasteiger partial charge on any atom is 0.352 e. The molecule has 0 aliphatic carbocycles. The molecule has 0 unspecified atom stereocenters. The summed E-state index contributed by atoms with van der Waals surface area (Å²) in [6.45, 7) is 0. The first-order valence-electron chi connectivity index (χ1n) is 7.70. The Bertz CT molecular complexity index is 959. The fraction of sp³-hybridized carbons (Fsp3) is 0. The minimum absolute atomic E-state index is 0.282. The van der Waals surface area contributed by atoms with Crippen molar-refractivity contribution in [1.82, 2.24) is 5.32 Å². The lowest BCUT2D eigenvalue weighted by Crippen LogP contribution is -2.27. The van der Waals surface area contributed by atoms with Crippen molar-refractivity contribution in [3.8, 4) is 11.3 Å². The molecule has 3 rings (SSSR count). The highest BCUT2D eigenvalue weighted by Crippen LogP contribution is 2.24. The van der Waals surface area contributed by atoms with Gasteiger partial charge in [0.15, 0.2) is 0 Å². The summed E-state index contributed by atoms with van der Waals surface area (Å²) in [6, 6.07) is 18.8. The van der Waals surface area contributed by atoms with Crippen molar-refractivity contribution in [3.05, 3.63) is 88.8 Å². The molecule has 1 amide bonds. The standard InChI is InChI=1S/C20H14ClNO4/c21-15-8-6-13(7-9-15)18-11-10-16(26-18)12-17(20(24)25)22-19(23)14-4-2-1-3-5-14/h1-12H,(H,22,23)(H,24,25)/b17-12+. The molecule has 0 spiro atoms.